The quantitative estimate of drug-likeness (QED) is 0.507. The van der Waals surface area contributed by atoms with E-state index in [2.05, 4.69) is 11.1 Å². The van der Waals surface area contributed by atoms with Crippen LogP contribution in [-0.2, 0) is 9.59 Å². The summed E-state index contributed by atoms with van der Waals surface area (Å²) >= 11 is 0. The van der Waals surface area contributed by atoms with Gasteiger partial charge in [-0.25, -0.2) is 0 Å². The number of hydrogen-bond acceptors (Lipinski definition) is 4. The zero-order valence-corrected chi connectivity index (χ0v) is 9.36. The standard InChI is InChI=1S/C7H15NO2.C2H5NO2/c1-4-5(2)6(8-3)7(9)10;3-1-2(4)5/h5-6,8H,4H2,1-3H3,(H,9,10);1,3H2,(H,4,5). The molecule has 0 bridgehead atoms. The Balaban J connectivity index is 0. The van der Waals surface area contributed by atoms with Crippen molar-refractivity contribution in [2.45, 2.75) is 26.3 Å². The number of aliphatic carboxylic acids is 2. The number of nitrogens with two attached hydrogens (primary N) is 1. The first-order chi connectivity index (χ1) is 6.90. The second-order valence-corrected chi connectivity index (χ2v) is 3.09. The van der Waals surface area contributed by atoms with E-state index in [-0.39, 0.29) is 12.5 Å². The molecule has 0 heterocycles. The maximum Gasteiger partial charge on any atom is 0.320 e. The third-order valence-corrected chi connectivity index (χ3v) is 1.96. The third-order valence-electron chi connectivity index (χ3n) is 1.96. The molecule has 0 aromatic rings. The molecule has 2 unspecified atom stereocenters. The van der Waals surface area contributed by atoms with Gasteiger partial charge in [-0.3, -0.25) is 9.59 Å². The van der Waals surface area contributed by atoms with Gasteiger partial charge in [0.05, 0.1) is 6.54 Å². The predicted octanol–water partition coefficient (Wildman–Crippen LogP) is -0.265. The lowest BCUT2D eigenvalue weighted by atomic mass is 10.00. The largest absolute Gasteiger partial charge is 0.480 e. The van der Waals surface area contributed by atoms with Gasteiger partial charge in [0.1, 0.15) is 6.04 Å². The highest BCUT2D eigenvalue weighted by Gasteiger charge is 2.20. The van der Waals surface area contributed by atoms with E-state index in [4.69, 9.17) is 10.2 Å². The van der Waals surface area contributed by atoms with Crippen LogP contribution >= 0.6 is 0 Å². The molecule has 0 aromatic heterocycles. The van der Waals surface area contributed by atoms with E-state index in [1.807, 2.05) is 13.8 Å². The van der Waals surface area contributed by atoms with Crippen molar-refractivity contribution in [3.05, 3.63) is 0 Å². The molecule has 0 spiro atoms. The van der Waals surface area contributed by atoms with Crippen LogP contribution in [0.4, 0.5) is 0 Å². The summed E-state index contributed by atoms with van der Waals surface area (Å²) in [5.41, 5.74) is 4.57. The van der Waals surface area contributed by atoms with Crippen LogP contribution in [0.5, 0.6) is 0 Å². The van der Waals surface area contributed by atoms with Crippen LogP contribution in [0.25, 0.3) is 0 Å². The number of rotatable bonds is 5. The van der Waals surface area contributed by atoms with Crippen molar-refractivity contribution in [1.29, 1.82) is 0 Å². The van der Waals surface area contributed by atoms with Gasteiger partial charge in [0.2, 0.25) is 0 Å². The van der Waals surface area contributed by atoms with Gasteiger partial charge < -0.3 is 21.3 Å². The Morgan fingerprint density at radius 2 is 1.80 bits per heavy atom. The van der Waals surface area contributed by atoms with Crippen LogP contribution in [0.2, 0.25) is 0 Å². The lowest BCUT2D eigenvalue weighted by molar-refractivity contribution is -0.140. The van der Waals surface area contributed by atoms with Gasteiger partial charge in [-0.1, -0.05) is 20.3 Å². The topological polar surface area (TPSA) is 113 Å². The molecular weight excluding hydrogens is 200 g/mol. The van der Waals surface area contributed by atoms with E-state index in [0.29, 0.717) is 0 Å². The summed E-state index contributed by atoms with van der Waals surface area (Å²) in [6.45, 7) is 3.63. The molecule has 0 fully saturated rings. The Kier molecular flexibility index (Phi) is 10.2. The normalized spacial score (nSPS) is 13.3. The van der Waals surface area contributed by atoms with Gasteiger partial charge in [0.25, 0.3) is 0 Å². The van der Waals surface area contributed by atoms with Crippen molar-refractivity contribution in [3.63, 3.8) is 0 Å². The molecule has 0 saturated carbocycles. The van der Waals surface area contributed by atoms with Crippen LogP contribution in [0, 0.1) is 5.92 Å². The number of likely N-dealkylation sites (N-methyl/N-ethyl adjacent to an activating group) is 1. The second kappa shape index (κ2) is 9.42. The molecule has 0 amide bonds. The Hall–Kier alpha value is -1.14. The molecule has 6 nitrogen and oxygen atoms in total. The van der Waals surface area contributed by atoms with Crippen LogP contribution < -0.4 is 11.1 Å². The van der Waals surface area contributed by atoms with E-state index >= 15 is 0 Å². The van der Waals surface area contributed by atoms with Crippen LogP contribution in [0.3, 0.4) is 0 Å². The second-order valence-electron chi connectivity index (χ2n) is 3.09. The first-order valence-electron chi connectivity index (χ1n) is 4.72. The Bertz CT molecular complexity index is 197. The van der Waals surface area contributed by atoms with Crippen LogP contribution in [-0.4, -0.2) is 41.8 Å². The fourth-order valence-electron chi connectivity index (χ4n) is 0.887. The van der Waals surface area contributed by atoms with Crippen molar-refractivity contribution in [2.24, 2.45) is 11.7 Å². The monoisotopic (exact) mass is 220 g/mol. The van der Waals surface area contributed by atoms with Gasteiger partial charge in [0, 0.05) is 0 Å². The molecule has 0 aliphatic heterocycles. The first kappa shape index (κ1) is 16.3. The highest BCUT2D eigenvalue weighted by molar-refractivity contribution is 5.73. The summed E-state index contributed by atoms with van der Waals surface area (Å²) in [6.07, 6.45) is 0.887. The molecule has 0 radical (unpaired) electrons. The molecule has 0 aromatic carbocycles. The fourth-order valence-corrected chi connectivity index (χ4v) is 0.887. The highest BCUT2D eigenvalue weighted by Crippen LogP contribution is 2.06. The Labute approximate surface area is 89.5 Å². The molecule has 90 valence electrons. The average molecular weight is 220 g/mol. The summed E-state index contributed by atoms with van der Waals surface area (Å²) in [7, 11) is 1.67. The van der Waals surface area contributed by atoms with Gasteiger partial charge in [-0.15, -0.1) is 0 Å². The van der Waals surface area contributed by atoms with Crippen molar-refractivity contribution >= 4 is 11.9 Å². The first-order valence-corrected chi connectivity index (χ1v) is 4.72. The molecule has 0 saturated heterocycles. The SMILES string of the molecule is CCC(C)C(NC)C(=O)O.NCC(=O)O. The van der Waals surface area contributed by atoms with Crippen molar-refractivity contribution in [3.8, 4) is 0 Å². The summed E-state index contributed by atoms with van der Waals surface area (Å²) in [4.78, 5) is 19.7. The van der Waals surface area contributed by atoms with Gasteiger partial charge in [0.15, 0.2) is 0 Å². The smallest absolute Gasteiger partial charge is 0.320 e. The molecular formula is C9H20N2O4. The Morgan fingerprint density at radius 3 is 1.87 bits per heavy atom. The predicted molar refractivity (Wildman–Crippen MR) is 56.6 cm³/mol. The number of carboxylic acid groups (broad SMARTS) is 2. The molecule has 0 aliphatic carbocycles. The lowest BCUT2D eigenvalue weighted by Gasteiger charge is -2.16. The third kappa shape index (κ3) is 9.17. The zero-order chi connectivity index (χ0) is 12.4. The van der Waals surface area contributed by atoms with Crippen molar-refractivity contribution in [2.75, 3.05) is 13.6 Å². The summed E-state index contributed by atoms with van der Waals surface area (Å²) < 4.78 is 0. The molecule has 2 atom stereocenters. The molecule has 15 heavy (non-hydrogen) atoms. The van der Waals surface area contributed by atoms with Crippen molar-refractivity contribution in [1.82, 2.24) is 5.32 Å². The number of nitrogens with one attached hydrogen (secondary N) is 1. The van der Waals surface area contributed by atoms with E-state index in [1.165, 1.54) is 0 Å². The van der Waals surface area contributed by atoms with E-state index in [0.717, 1.165) is 6.42 Å². The Morgan fingerprint density at radius 1 is 1.40 bits per heavy atom. The van der Waals surface area contributed by atoms with Gasteiger partial charge >= 0.3 is 11.9 Å². The lowest BCUT2D eigenvalue weighted by Crippen LogP contribution is -2.39. The molecule has 0 aliphatic rings. The zero-order valence-electron chi connectivity index (χ0n) is 9.36. The molecule has 5 N–H and O–H groups in total. The minimum atomic E-state index is -0.968. The number of carboxylic acids is 2. The van der Waals surface area contributed by atoms with Gasteiger partial charge in [-0.05, 0) is 13.0 Å². The van der Waals surface area contributed by atoms with Crippen LogP contribution in [0.1, 0.15) is 20.3 Å². The van der Waals surface area contributed by atoms with E-state index in [9.17, 15) is 9.59 Å². The molecule has 6 heteroatoms. The van der Waals surface area contributed by atoms with Gasteiger partial charge in [-0.2, -0.15) is 0 Å². The fraction of sp³-hybridized carbons (Fsp3) is 0.778. The number of hydrogen-bond donors (Lipinski definition) is 4. The minimum Gasteiger partial charge on any atom is -0.480 e. The number of carbonyl (C=O) groups is 2. The summed E-state index contributed by atoms with van der Waals surface area (Å²) in [5, 5.41) is 19.0. The maximum absolute atomic E-state index is 10.5. The minimum absolute atomic E-state index is 0.197. The average Bonchev–Trinajstić information content (AvgIpc) is 2.18. The van der Waals surface area contributed by atoms with E-state index in [1.54, 1.807) is 7.05 Å². The van der Waals surface area contributed by atoms with Crippen LogP contribution in [0.15, 0.2) is 0 Å². The molecule has 0 rings (SSSR count). The summed E-state index contributed by atoms with van der Waals surface area (Å²) in [6, 6.07) is -0.398. The van der Waals surface area contributed by atoms with E-state index < -0.39 is 18.0 Å². The van der Waals surface area contributed by atoms with Crippen molar-refractivity contribution < 1.29 is 19.8 Å². The summed E-state index contributed by atoms with van der Waals surface area (Å²) in [5.74, 6) is -1.54. The maximum atomic E-state index is 10.5. The highest BCUT2D eigenvalue weighted by atomic mass is 16.4.